The van der Waals surface area contributed by atoms with Crippen LogP contribution in [0.2, 0.25) is 0 Å². The molecule has 1 fully saturated rings. The molecule has 0 spiro atoms. The average molecular weight is 258 g/mol. The van der Waals surface area contributed by atoms with Crippen LogP contribution < -0.4 is 0 Å². The van der Waals surface area contributed by atoms with E-state index in [0.717, 1.165) is 0 Å². The Morgan fingerprint density at radius 1 is 1.39 bits per heavy atom. The van der Waals surface area contributed by atoms with Gasteiger partial charge in [0.1, 0.15) is 6.10 Å². The first-order valence-electron chi connectivity index (χ1n) is 5.77. The number of hydrogen-bond acceptors (Lipinski definition) is 5. The van der Waals surface area contributed by atoms with Gasteiger partial charge >= 0.3 is 11.9 Å². The number of esters is 1. The summed E-state index contributed by atoms with van der Waals surface area (Å²) < 4.78 is 4.96. The van der Waals surface area contributed by atoms with Gasteiger partial charge < -0.3 is 20.1 Å². The van der Waals surface area contributed by atoms with Gasteiger partial charge in [-0.2, -0.15) is 0 Å². The smallest absolute Gasteiger partial charge is 0.335 e. The van der Waals surface area contributed by atoms with Gasteiger partial charge in [0.05, 0.1) is 6.10 Å². The SMILES string of the molecule is CC=CC(=O)OC1CC(O)(C(=O)O)CC(C)C1O. The lowest BCUT2D eigenvalue weighted by molar-refractivity contribution is -0.187. The molecule has 1 saturated carbocycles. The first-order chi connectivity index (χ1) is 8.30. The highest BCUT2D eigenvalue weighted by atomic mass is 16.6. The molecular formula is C12H18O6. The molecule has 4 atom stereocenters. The van der Waals surface area contributed by atoms with Crippen molar-refractivity contribution in [1.82, 2.24) is 0 Å². The molecule has 0 aliphatic heterocycles. The van der Waals surface area contributed by atoms with Gasteiger partial charge in [0, 0.05) is 12.5 Å². The van der Waals surface area contributed by atoms with Crippen LogP contribution in [0.15, 0.2) is 12.2 Å². The van der Waals surface area contributed by atoms with Crippen molar-refractivity contribution in [2.75, 3.05) is 0 Å². The van der Waals surface area contributed by atoms with E-state index >= 15 is 0 Å². The van der Waals surface area contributed by atoms with E-state index in [-0.39, 0.29) is 12.8 Å². The maximum Gasteiger partial charge on any atom is 0.335 e. The Bertz CT molecular complexity index is 364. The molecule has 0 aromatic carbocycles. The third-order valence-corrected chi connectivity index (χ3v) is 3.13. The molecule has 6 heteroatoms. The van der Waals surface area contributed by atoms with E-state index in [1.54, 1.807) is 13.8 Å². The topological polar surface area (TPSA) is 104 Å². The molecule has 0 aromatic rings. The van der Waals surface area contributed by atoms with Crippen LogP contribution in [0, 0.1) is 5.92 Å². The average Bonchev–Trinajstić information content (AvgIpc) is 2.25. The summed E-state index contributed by atoms with van der Waals surface area (Å²) in [4.78, 5) is 22.3. The fraction of sp³-hybridized carbons (Fsp3) is 0.667. The molecule has 3 N–H and O–H groups in total. The quantitative estimate of drug-likeness (QED) is 0.489. The van der Waals surface area contributed by atoms with Gasteiger partial charge in [0.15, 0.2) is 5.60 Å². The second-order valence-electron chi connectivity index (χ2n) is 4.69. The van der Waals surface area contributed by atoms with Gasteiger partial charge in [-0.15, -0.1) is 0 Å². The Labute approximate surface area is 105 Å². The fourth-order valence-electron chi connectivity index (χ4n) is 2.17. The molecule has 0 saturated heterocycles. The number of carboxylic acids is 1. The minimum absolute atomic E-state index is 0.0683. The minimum atomic E-state index is -1.96. The zero-order chi connectivity index (χ0) is 13.9. The lowest BCUT2D eigenvalue weighted by Crippen LogP contribution is -2.54. The second-order valence-corrected chi connectivity index (χ2v) is 4.69. The molecule has 18 heavy (non-hydrogen) atoms. The van der Waals surface area contributed by atoms with Crippen LogP contribution in [0.4, 0.5) is 0 Å². The predicted octanol–water partition coefficient (Wildman–Crippen LogP) is 0.0808. The molecule has 4 unspecified atom stereocenters. The summed E-state index contributed by atoms with van der Waals surface area (Å²) >= 11 is 0. The van der Waals surface area contributed by atoms with E-state index in [4.69, 9.17) is 9.84 Å². The molecular weight excluding hydrogens is 240 g/mol. The molecule has 0 aromatic heterocycles. The molecule has 0 heterocycles. The zero-order valence-electron chi connectivity index (χ0n) is 10.4. The second kappa shape index (κ2) is 5.49. The first kappa shape index (κ1) is 14.7. The molecule has 102 valence electrons. The maximum absolute atomic E-state index is 11.3. The summed E-state index contributed by atoms with van der Waals surface area (Å²) in [5.74, 6) is -2.50. The van der Waals surface area contributed by atoms with Crippen LogP contribution in [0.3, 0.4) is 0 Å². The van der Waals surface area contributed by atoms with Crippen molar-refractivity contribution in [3.05, 3.63) is 12.2 Å². The number of carboxylic acid groups (broad SMARTS) is 1. The third-order valence-electron chi connectivity index (χ3n) is 3.13. The zero-order valence-corrected chi connectivity index (χ0v) is 10.4. The number of carbonyl (C=O) groups is 2. The summed E-state index contributed by atoms with van der Waals surface area (Å²) in [6.45, 7) is 3.24. The summed E-state index contributed by atoms with van der Waals surface area (Å²) in [5, 5.41) is 28.8. The Hall–Kier alpha value is -1.40. The van der Waals surface area contributed by atoms with Gasteiger partial charge in [-0.1, -0.05) is 13.0 Å². The normalized spacial score (nSPS) is 36.6. The number of carbonyl (C=O) groups excluding carboxylic acids is 1. The Morgan fingerprint density at radius 3 is 2.50 bits per heavy atom. The van der Waals surface area contributed by atoms with Crippen LogP contribution in [0.5, 0.6) is 0 Å². The number of aliphatic hydroxyl groups is 2. The van der Waals surface area contributed by atoms with E-state index in [9.17, 15) is 19.8 Å². The number of hydrogen-bond donors (Lipinski definition) is 3. The van der Waals surface area contributed by atoms with Crippen LogP contribution in [0.1, 0.15) is 26.7 Å². The van der Waals surface area contributed by atoms with Crippen LogP contribution in [-0.2, 0) is 14.3 Å². The first-order valence-corrected chi connectivity index (χ1v) is 5.77. The molecule has 0 amide bonds. The Balaban J connectivity index is 2.82. The number of ether oxygens (including phenoxy) is 1. The maximum atomic E-state index is 11.3. The van der Waals surface area contributed by atoms with Crippen LogP contribution in [-0.4, -0.2) is 45.1 Å². The fourth-order valence-corrected chi connectivity index (χ4v) is 2.17. The molecule has 0 bridgehead atoms. The predicted molar refractivity (Wildman–Crippen MR) is 61.7 cm³/mol. The van der Waals surface area contributed by atoms with Crippen LogP contribution >= 0.6 is 0 Å². The van der Waals surface area contributed by atoms with Crippen molar-refractivity contribution in [3.8, 4) is 0 Å². The summed E-state index contributed by atoms with van der Waals surface area (Å²) in [5.41, 5.74) is -1.96. The van der Waals surface area contributed by atoms with Gasteiger partial charge in [-0.3, -0.25) is 0 Å². The van der Waals surface area contributed by atoms with Crippen molar-refractivity contribution in [1.29, 1.82) is 0 Å². The Morgan fingerprint density at radius 2 is 2.00 bits per heavy atom. The summed E-state index contributed by atoms with van der Waals surface area (Å²) in [6, 6.07) is 0. The molecule has 1 rings (SSSR count). The standard InChI is InChI=1S/C12H18O6/c1-3-4-9(13)18-8-6-12(17,11(15)16)5-7(2)10(8)14/h3-4,7-8,10,14,17H,5-6H2,1-2H3,(H,15,16). The highest BCUT2D eigenvalue weighted by molar-refractivity contribution is 5.82. The number of aliphatic hydroxyl groups excluding tert-OH is 1. The van der Waals surface area contributed by atoms with Gasteiger partial charge in [0.25, 0.3) is 0 Å². The number of allylic oxidation sites excluding steroid dienone is 1. The van der Waals surface area contributed by atoms with E-state index < -0.39 is 35.7 Å². The lowest BCUT2D eigenvalue weighted by atomic mass is 9.75. The van der Waals surface area contributed by atoms with Gasteiger partial charge in [-0.25, -0.2) is 9.59 Å². The largest absolute Gasteiger partial charge is 0.479 e. The van der Waals surface area contributed by atoms with E-state index in [1.165, 1.54) is 12.2 Å². The Kier molecular flexibility index (Phi) is 4.48. The van der Waals surface area contributed by atoms with E-state index in [1.807, 2.05) is 0 Å². The summed E-state index contributed by atoms with van der Waals surface area (Å²) in [7, 11) is 0. The van der Waals surface area contributed by atoms with Gasteiger partial charge in [-0.05, 0) is 19.3 Å². The molecule has 1 aliphatic carbocycles. The van der Waals surface area contributed by atoms with E-state index in [2.05, 4.69) is 0 Å². The monoisotopic (exact) mass is 258 g/mol. The van der Waals surface area contributed by atoms with Crippen molar-refractivity contribution in [2.24, 2.45) is 5.92 Å². The van der Waals surface area contributed by atoms with Gasteiger partial charge in [0.2, 0.25) is 0 Å². The number of rotatable bonds is 3. The van der Waals surface area contributed by atoms with Crippen molar-refractivity contribution >= 4 is 11.9 Å². The highest BCUT2D eigenvalue weighted by Gasteiger charge is 2.49. The van der Waals surface area contributed by atoms with Crippen molar-refractivity contribution in [3.63, 3.8) is 0 Å². The summed E-state index contributed by atoms with van der Waals surface area (Å²) in [6.07, 6.45) is 0.284. The number of aliphatic carboxylic acids is 1. The third kappa shape index (κ3) is 3.08. The molecule has 6 nitrogen and oxygen atoms in total. The van der Waals surface area contributed by atoms with Crippen molar-refractivity contribution in [2.45, 2.75) is 44.5 Å². The highest BCUT2D eigenvalue weighted by Crippen LogP contribution is 2.34. The molecule has 0 radical (unpaired) electrons. The van der Waals surface area contributed by atoms with Crippen LogP contribution in [0.25, 0.3) is 0 Å². The van der Waals surface area contributed by atoms with Crippen molar-refractivity contribution < 1.29 is 29.6 Å². The minimum Gasteiger partial charge on any atom is -0.479 e. The van der Waals surface area contributed by atoms with E-state index in [0.29, 0.717) is 0 Å². The molecule has 1 aliphatic rings. The lowest BCUT2D eigenvalue weighted by Gasteiger charge is -2.39.